The molecule has 3 aromatic heterocycles. The molecule has 0 aliphatic heterocycles. The largest absolute Gasteiger partial charge is 0.477 e. The first-order chi connectivity index (χ1) is 9.60. The molecule has 0 atom stereocenters. The summed E-state index contributed by atoms with van der Waals surface area (Å²) in [5.41, 5.74) is 0.662. The smallest absolute Gasteiger partial charge is 0.354 e. The summed E-state index contributed by atoms with van der Waals surface area (Å²) < 4.78 is 6.88. The number of carboxylic acid groups (broad SMARTS) is 1. The van der Waals surface area contributed by atoms with Crippen molar-refractivity contribution in [2.45, 2.75) is 6.92 Å². The fourth-order valence-corrected chi connectivity index (χ4v) is 1.90. The highest BCUT2D eigenvalue weighted by molar-refractivity contribution is 5.87. The molecule has 7 heteroatoms. The Morgan fingerprint density at radius 3 is 2.90 bits per heavy atom. The summed E-state index contributed by atoms with van der Waals surface area (Å²) in [6, 6.07) is 6.77. The van der Waals surface area contributed by atoms with Crippen LogP contribution >= 0.6 is 0 Å². The Labute approximate surface area is 112 Å². The number of rotatable bonds is 2. The molecule has 0 aliphatic carbocycles. The van der Waals surface area contributed by atoms with E-state index >= 15 is 0 Å². The molecule has 3 rings (SSSR count). The van der Waals surface area contributed by atoms with Crippen molar-refractivity contribution < 1.29 is 14.3 Å². The Morgan fingerprint density at radius 2 is 2.30 bits per heavy atom. The number of hydrogen-bond donors (Lipinski definition) is 1. The molecule has 3 aromatic rings. The van der Waals surface area contributed by atoms with Crippen molar-refractivity contribution in [2.24, 2.45) is 0 Å². The molecule has 0 saturated heterocycles. The Bertz CT molecular complexity index is 869. The van der Waals surface area contributed by atoms with E-state index in [9.17, 15) is 4.79 Å². The zero-order valence-corrected chi connectivity index (χ0v) is 10.4. The maximum Gasteiger partial charge on any atom is 0.354 e. The highest BCUT2D eigenvalue weighted by Gasteiger charge is 2.17. The average molecular weight is 268 g/mol. The topological polar surface area (TPSA) is 104 Å². The van der Waals surface area contributed by atoms with Gasteiger partial charge in [0.15, 0.2) is 17.1 Å². The molecule has 3 heterocycles. The van der Waals surface area contributed by atoms with E-state index in [4.69, 9.17) is 14.8 Å². The predicted octanol–water partition coefficient (Wildman–Crippen LogP) is 1.87. The number of aryl methyl sites for hydroxylation is 1. The quantitative estimate of drug-likeness (QED) is 0.760. The van der Waals surface area contributed by atoms with Crippen molar-refractivity contribution in [2.75, 3.05) is 0 Å². The molecule has 20 heavy (non-hydrogen) atoms. The minimum atomic E-state index is -1.18. The third-order valence-electron chi connectivity index (χ3n) is 2.80. The molecule has 7 nitrogen and oxygen atoms in total. The van der Waals surface area contributed by atoms with Gasteiger partial charge in [0.1, 0.15) is 23.1 Å². The van der Waals surface area contributed by atoms with Gasteiger partial charge in [0.05, 0.1) is 6.20 Å². The number of aromatic nitrogens is 3. The first-order valence-electron chi connectivity index (χ1n) is 5.69. The molecule has 0 unspecified atom stereocenters. The molecule has 0 aromatic carbocycles. The van der Waals surface area contributed by atoms with Gasteiger partial charge in [-0.2, -0.15) is 10.4 Å². The molecule has 98 valence electrons. The first kappa shape index (κ1) is 11.9. The van der Waals surface area contributed by atoms with E-state index in [1.54, 1.807) is 19.1 Å². The second-order valence-electron chi connectivity index (χ2n) is 4.15. The van der Waals surface area contributed by atoms with Gasteiger partial charge in [-0.3, -0.25) is 0 Å². The lowest BCUT2D eigenvalue weighted by Crippen LogP contribution is -2.05. The van der Waals surface area contributed by atoms with Crippen LogP contribution in [0.5, 0.6) is 0 Å². The fourth-order valence-electron chi connectivity index (χ4n) is 1.90. The van der Waals surface area contributed by atoms with Crippen molar-refractivity contribution in [1.29, 1.82) is 5.26 Å². The van der Waals surface area contributed by atoms with Gasteiger partial charge in [0.25, 0.3) is 0 Å². The summed E-state index contributed by atoms with van der Waals surface area (Å²) in [6.07, 6.45) is 1.34. The molecule has 0 aliphatic rings. The lowest BCUT2D eigenvalue weighted by molar-refractivity contribution is 0.0690. The number of carboxylic acids is 1. The van der Waals surface area contributed by atoms with Gasteiger partial charge < -0.3 is 9.52 Å². The van der Waals surface area contributed by atoms with Gasteiger partial charge in [-0.15, -0.1) is 0 Å². The van der Waals surface area contributed by atoms with Crippen LogP contribution in [0.2, 0.25) is 0 Å². The second-order valence-corrected chi connectivity index (χ2v) is 4.15. The van der Waals surface area contributed by atoms with Crippen molar-refractivity contribution in [3.63, 3.8) is 0 Å². The van der Waals surface area contributed by atoms with E-state index in [2.05, 4.69) is 10.1 Å². The molecule has 1 N–H and O–H groups in total. The van der Waals surface area contributed by atoms with Crippen LogP contribution in [-0.4, -0.2) is 25.7 Å². The number of aromatic carboxylic acids is 1. The summed E-state index contributed by atoms with van der Waals surface area (Å²) in [4.78, 5) is 15.1. The second kappa shape index (κ2) is 4.20. The van der Waals surface area contributed by atoms with Crippen LogP contribution in [0.25, 0.3) is 17.1 Å². The Balaban J connectivity index is 2.38. The molecule has 0 amide bonds. The average Bonchev–Trinajstić information content (AvgIpc) is 3.03. The number of nitriles is 1. The highest BCUT2D eigenvalue weighted by Crippen LogP contribution is 2.24. The predicted molar refractivity (Wildman–Crippen MR) is 67.1 cm³/mol. The standard InChI is InChI=1S/C13H8N4O3/c1-7-2-3-11(20-7)10-4-9(13(18)19)16-12-8(5-14)6-15-17(10)12/h2-4,6H,1H3,(H,18,19). The summed E-state index contributed by atoms with van der Waals surface area (Å²) >= 11 is 0. The number of nitrogens with zero attached hydrogens (tertiary/aromatic N) is 4. The monoisotopic (exact) mass is 268 g/mol. The van der Waals surface area contributed by atoms with Gasteiger partial charge in [0, 0.05) is 6.07 Å². The van der Waals surface area contributed by atoms with Gasteiger partial charge in [-0.05, 0) is 19.1 Å². The van der Waals surface area contributed by atoms with Crippen LogP contribution in [0.3, 0.4) is 0 Å². The third-order valence-corrected chi connectivity index (χ3v) is 2.80. The van der Waals surface area contributed by atoms with E-state index in [0.717, 1.165) is 0 Å². The minimum Gasteiger partial charge on any atom is -0.477 e. The minimum absolute atomic E-state index is 0.168. The Morgan fingerprint density at radius 1 is 1.50 bits per heavy atom. The Hall–Kier alpha value is -3.14. The van der Waals surface area contributed by atoms with Crippen molar-refractivity contribution >= 4 is 11.6 Å². The van der Waals surface area contributed by atoms with Crippen LogP contribution < -0.4 is 0 Å². The number of fused-ring (bicyclic) bond motifs is 1. The molecule has 0 radical (unpaired) electrons. The van der Waals surface area contributed by atoms with Gasteiger partial charge in [-0.1, -0.05) is 0 Å². The fraction of sp³-hybridized carbons (Fsp3) is 0.0769. The zero-order chi connectivity index (χ0) is 14.3. The molecular formula is C13H8N4O3. The number of carbonyl (C=O) groups is 1. The van der Waals surface area contributed by atoms with Crippen molar-refractivity contribution in [3.05, 3.63) is 41.4 Å². The van der Waals surface area contributed by atoms with Gasteiger partial charge >= 0.3 is 5.97 Å². The molecule has 0 spiro atoms. The third kappa shape index (κ3) is 1.71. The Kier molecular flexibility index (Phi) is 2.51. The van der Waals surface area contributed by atoms with Crippen LogP contribution in [-0.2, 0) is 0 Å². The maximum atomic E-state index is 11.1. The van der Waals surface area contributed by atoms with Crippen molar-refractivity contribution in [1.82, 2.24) is 14.6 Å². The van der Waals surface area contributed by atoms with Crippen LogP contribution in [0, 0.1) is 18.3 Å². The normalized spacial score (nSPS) is 10.6. The van der Waals surface area contributed by atoms with Gasteiger partial charge in [0.2, 0.25) is 0 Å². The van der Waals surface area contributed by atoms with Gasteiger partial charge in [-0.25, -0.2) is 14.3 Å². The van der Waals surface area contributed by atoms with E-state index in [1.165, 1.54) is 16.8 Å². The van der Waals surface area contributed by atoms with E-state index in [0.29, 0.717) is 17.2 Å². The summed E-state index contributed by atoms with van der Waals surface area (Å²) in [7, 11) is 0. The highest BCUT2D eigenvalue weighted by atomic mass is 16.4. The number of hydrogen-bond acceptors (Lipinski definition) is 5. The summed E-state index contributed by atoms with van der Waals surface area (Å²) in [5.74, 6) is -0.0263. The van der Waals surface area contributed by atoms with Crippen LogP contribution in [0.1, 0.15) is 21.8 Å². The van der Waals surface area contributed by atoms with Crippen LogP contribution in [0.4, 0.5) is 0 Å². The first-order valence-corrected chi connectivity index (χ1v) is 5.69. The van der Waals surface area contributed by atoms with E-state index in [-0.39, 0.29) is 16.9 Å². The van der Waals surface area contributed by atoms with Crippen molar-refractivity contribution in [3.8, 4) is 17.5 Å². The molecule has 0 fully saturated rings. The molecule has 0 bridgehead atoms. The lowest BCUT2D eigenvalue weighted by atomic mass is 10.2. The molecular weight excluding hydrogens is 260 g/mol. The maximum absolute atomic E-state index is 11.1. The SMILES string of the molecule is Cc1ccc(-c2cc(C(=O)O)nc3c(C#N)cnn23)o1. The van der Waals surface area contributed by atoms with E-state index < -0.39 is 5.97 Å². The molecule has 0 saturated carbocycles. The number of furan rings is 1. The zero-order valence-electron chi connectivity index (χ0n) is 10.4. The summed E-state index contributed by atoms with van der Waals surface area (Å²) in [5, 5.41) is 22.2. The van der Waals surface area contributed by atoms with E-state index in [1.807, 2.05) is 6.07 Å². The van der Waals surface area contributed by atoms with Crippen LogP contribution in [0.15, 0.2) is 28.8 Å². The summed E-state index contributed by atoms with van der Waals surface area (Å²) in [6.45, 7) is 1.78. The lowest BCUT2D eigenvalue weighted by Gasteiger charge is -2.03.